The number of amides is 2. The van der Waals surface area contributed by atoms with Gasteiger partial charge < -0.3 is 20.1 Å². The summed E-state index contributed by atoms with van der Waals surface area (Å²) in [6.07, 6.45) is 1.67. The average Bonchev–Trinajstić information content (AvgIpc) is 3.39. The van der Waals surface area contributed by atoms with E-state index < -0.39 is 12.0 Å². The summed E-state index contributed by atoms with van der Waals surface area (Å²) in [5.41, 5.74) is 1.02. The Bertz CT molecular complexity index is 656. The van der Waals surface area contributed by atoms with Crippen LogP contribution in [-0.4, -0.2) is 53.6 Å². The number of carboxylic acid groups (broad SMARTS) is 1. The molecule has 2 N–H and O–H groups in total. The van der Waals surface area contributed by atoms with E-state index in [4.69, 9.17) is 9.84 Å². The molecule has 128 valence electrons. The highest BCUT2D eigenvalue weighted by Crippen LogP contribution is 2.30. The molecule has 1 aliphatic carbocycles. The van der Waals surface area contributed by atoms with Crippen molar-refractivity contribution in [3.8, 4) is 0 Å². The number of carbonyl (C=O) groups is 3. The molecule has 1 saturated carbocycles. The first-order valence-corrected chi connectivity index (χ1v) is 8.06. The Labute approximate surface area is 139 Å². The first kappa shape index (κ1) is 16.4. The Balaban J connectivity index is 1.72. The number of rotatable bonds is 5. The molecule has 0 radical (unpaired) electrons. The molecule has 3 rings (SSSR count). The van der Waals surface area contributed by atoms with Gasteiger partial charge in [0.15, 0.2) is 0 Å². The van der Waals surface area contributed by atoms with E-state index in [2.05, 4.69) is 5.32 Å². The van der Waals surface area contributed by atoms with Crippen molar-refractivity contribution >= 4 is 23.5 Å². The molecule has 0 aromatic heterocycles. The summed E-state index contributed by atoms with van der Waals surface area (Å²) < 4.78 is 5.29. The summed E-state index contributed by atoms with van der Waals surface area (Å²) in [4.78, 5) is 37.1. The second-order valence-electron chi connectivity index (χ2n) is 6.17. The number of hydrogen-bond acceptors (Lipinski definition) is 4. The molecule has 1 saturated heterocycles. The van der Waals surface area contributed by atoms with Crippen LogP contribution in [0.25, 0.3) is 0 Å². The minimum Gasteiger partial charge on any atom is -0.481 e. The number of carbonyl (C=O) groups excluding carboxylic acids is 2. The Hall–Kier alpha value is -2.41. The summed E-state index contributed by atoms with van der Waals surface area (Å²) >= 11 is 0. The van der Waals surface area contributed by atoms with Gasteiger partial charge in [-0.3, -0.25) is 14.4 Å². The van der Waals surface area contributed by atoms with Gasteiger partial charge in [-0.2, -0.15) is 0 Å². The molecule has 0 spiro atoms. The molecule has 1 aromatic rings. The number of morpholine rings is 1. The molecular formula is C17H20N2O5. The van der Waals surface area contributed by atoms with E-state index in [1.54, 1.807) is 29.2 Å². The van der Waals surface area contributed by atoms with E-state index in [0.29, 0.717) is 24.4 Å². The number of carboxylic acids is 1. The second-order valence-corrected chi connectivity index (χ2v) is 6.17. The average molecular weight is 332 g/mol. The zero-order chi connectivity index (χ0) is 17.1. The Kier molecular flexibility index (Phi) is 4.80. The normalized spacial score (nSPS) is 20.5. The van der Waals surface area contributed by atoms with Gasteiger partial charge in [-0.25, -0.2) is 0 Å². The molecule has 1 heterocycles. The third-order valence-electron chi connectivity index (χ3n) is 4.22. The number of ether oxygens (including phenoxy) is 1. The molecule has 1 atom stereocenters. The summed E-state index contributed by atoms with van der Waals surface area (Å²) in [5.74, 6) is -1.14. The fraction of sp³-hybridized carbons (Fsp3) is 0.471. The van der Waals surface area contributed by atoms with Crippen LogP contribution in [0.1, 0.15) is 29.6 Å². The van der Waals surface area contributed by atoms with Crippen molar-refractivity contribution in [1.82, 2.24) is 4.90 Å². The van der Waals surface area contributed by atoms with Crippen molar-refractivity contribution < 1.29 is 24.2 Å². The molecule has 1 aliphatic heterocycles. The van der Waals surface area contributed by atoms with Gasteiger partial charge in [0, 0.05) is 23.7 Å². The molecule has 7 heteroatoms. The third kappa shape index (κ3) is 3.91. The van der Waals surface area contributed by atoms with Crippen molar-refractivity contribution in [3.63, 3.8) is 0 Å². The van der Waals surface area contributed by atoms with E-state index in [9.17, 15) is 14.4 Å². The van der Waals surface area contributed by atoms with Crippen LogP contribution in [0, 0.1) is 5.92 Å². The molecular weight excluding hydrogens is 312 g/mol. The van der Waals surface area contributed by atoms with Crippen LogP contribution in [0.4, 0.5) is 5.69 Å². The number of hydrogen-bond donors (Lipinski definition) is 2. The minimum atomic E-state index is -0.964. The van der Waals surface area contributed by atoms with Crippen LogP contribution < -0.4 is 5.32 Å². The zero-order valence-corrected chi connectivity index (χ0v) is 13.2. The first-order chi connectivity index (χ1) is 11.5. The molecule has 2 aliphatic rings. The van der Waals surface area contributed by atoms with E-state index in [-0.39, 0.29) is 30.8 Å². The van der Waals surface area contributed by atoms with Gasteiger partial charge in [-0.05, 0) is 31.0 Å². The maximum Gasteiger partial charge on any atom is 0.305 e. The van der Waals surface area contributed by atoms with Crippen LogP contribution in [0.3, 0.4) is 0 Å². The lowest BCUT2D eigenvalue weighted by atomic mass is 10.1. The van der Waals surface area contributed by atoms with Gasteiger partial charge in [-0.15, -0.1) is 0 Å². The molecule has 2 amide bonds. The molecule has 1 aromatic carbocycles. The quantitative estimate of drug-likeness (QED) is 0.848. The summed E-state index contributed by atoms with van der Waals surface area (Å²) in [6.45, 7) is 0.964. The zero-order valence-electron chi connectivity index (χ0n) is 13.2. The van der Waals surface area contributed by atoms with Gasteiger partial charge in [-0.1, -0.05) is 6.07 Å². The van der Waals surface area contributed by atoms with Gasteiger partial charge in [0.05, 0.1) is 25.7 Å². The second kappa shape index (κ2) is 7.00. The molecule has 24 heavy (non-hydrogen) atoms. The van der Waals surface area contributed by atoms with Crippen LogP contribution in [-0.2, 0) is 14.3 Å². The highest BCUT2D eigenvalue weighted by Gasteiger charge is 2.31. The van der Waals surface area contributed by atoms with Crippen LogP contribution >= 0.6 is 0 Å². The smallest absolute Gasteiger partial charge is 0.305 e. The SMILES string of the molecule is O=C(O)CC1COCCN1C(=O)c1cccc(NC(=O)C2CC2)c1. The topological polar surface area (TPSA) is 95.9 Å². The maximum atomic E-state index is 12.7. The lowest BCUT2D eigenvalue weighted by Crippen LogP contribution is -2.49. The van der Waals surface area contributed by atoms with Crippen LogP contribution in [0.5, 0.6) is 0 Å². The number of aliphatic carboxylic acids is 1. The van der Waals surface area contributed by atoms with E-state index >= 15 is 0 Å². The van der Waals surface area contributed by atoms with Gasteiger partial charge >= 0.3 is 5.97 Å². The van der Waals surface area contributed by atoms with Gasteiger partial charge in [0.25, 0.3) is 5.91 Å². The van der Waals surface area contributed by atoms with Crippen LogP contribution in [0.15, 0.2) is 24.3 Å². The standard InChI is InChI=1S/C17H20N2O5/c20-15(21)9-14-10-24-7-6-19(14)17(23)12-2-1-3-13(8-12)18-16(22)11-4-5-11/h1-3,8,11,14H,4-7,9-10H2,(H,18,22)(H,20,21). The first-order valence-electron chi connectivity index (χ1n) is 8.06. The monoisotopic (exact) mass is 332 g/mol. The number of anilines is 1. The summed E-state index contributed by atoms with van der Waals surface area (Å²) in [6, 6.07) is 6.28. The minimum absolute atomic E-state index is 0.0188. The van der Waals surface area contributed by atoms with Crippen molar-refractivity contribution in [2.75, 3.05) is 25.1 Å². The van der Waals surface area contributed by atoms with Gasteiger partial charge in [0.1, 0.15) is 0 Å². The number of nitrogens with zero attached hydrogens (tertiary/aromatic N) is 1. The Morgan fingerprint density at radius 1 is 1.29 bits per heavy atom. The number of benzene rings is 1. The third-order valence-corrected chi connectivity index (χ3v) is 4.22. The van der Waals surface area contributed by atoms with E-state index in [1.807, 2.05) is 0 Å². The molecule has 2 fully saturated rings. The van der Waals surface area contributed by atoms with Gasteiger partial charge in [0.2, 0.25) is 5.91 Å². The maximum absolute atomic E-state index is 12.7. The van der Waals surface area contributed by atoms with Crippen molar-refractivity contribution in [1.29, 1.82) is 0 Å². The fourth-order valence-corrected chi connectivity index (χ4v) is 2.78. The predicted octanol–water partition coefficient (Wildman–Crippen LogP) is 1.35. The fourth-order valence-electron chi connectivity index (χ4n) is 2.78. The molecule has 1 unspecified atom stereocenters. The Morgan fingerprint density at radius 3 is 2.79 bits per heavy atom. The van der Waals surface area contributed by atoms with Crippen molar-refractivity contribution in [3.05, 3.63) is 29.8 Å². The predicted molar refractivity (Wildman–Crippen MR) is 85.7 cm³/mol. The van der Waals surface area contributed by atoms with Crippen molar-refractivity contribution in [2.45, 2.75) is 25.3 Å². The highest BCUT2D eigenvalue weighted by molar-refractivity contribution is 5.98. The largest absolute Gasteiger partial charge is 0.481 e. The summed E-state index contributed by atoms with van der Waals surface area (Å²) in [7, 11) is 0. The molecule has 7 nitrogen and oxygen atoms in total. The van der Waals surface area contributed by atoms with Crippen LogP contribution in [0.2, 0.25) is 0 Å². The number of nitrogens with one attached hydrogen (secondary N) is 1. The van der Waals surface area contributed by atoms with E-state index in [1.165, 1.54) is 0 Å². The highest BCUT2D eigenvalue weighted by atomic mass is 16.5. The summed E-state index contributed by atoms with van der Waals surface area (Å²) in [5, 5.41) is 11.8. The van der Waals surface area contributed by atoms with Crippen molar-refractivity contribution in [2.24, 2.45) is 5.92 Å². The lowest BCUT2D eigenvalue weighted by Gasteiger charge is -2.35. The molecule has 0 bridgehead atoms. The van der Waals surface area contributed by atoms with E-state index in [0.717, 1.165) is 12.8 Å². The Morgan fingerprint density at radius 2 is 2.08 bits per heavy atom. The lowest BCUT2D eigenvalue weighted by molar-refractivity contribution is -0.139.